The van der Waals surface area contributed by atoms with E-state index in [1.165, 1.54) is 0 Å². The number of esters is 1. The molecule has 4 heteroatoms. The number of ether oxygens (including phenoxy) is 1. The topological polar surface area (TPSA) is 66.8 Å². The fraction of sp³-hybridized carbons (Fsp3) is 0.615. The van der Waals surface area contributed by atoms with Crippen LogP contribution in [0, 0.1) is 11.8 Å². The molecular formula is C13H18O4. The first kappa shape index (κ1) is 12.3. The fourth-order valence-corrected chi connectivity index (χ4v) is 2.69. The lowest BCUT2D eigenvalue weighted by Gasteiger charge is -2.14. The molecule has 0 aromatic heterocycles. The first-order valence-corrected chi connectivity index (χ1v) is 5.98. The second-order valence-corrected chi connectivity index (χ2v) is 4.68. The minimum Gasteiger partial charge on any atom is -0.462 e. The molecule has 0 aromatic rings. The molecule has 4 nitrogen and oxygen atoms in total. The highest BCUT2D eigenvalue weighted by Crippen LogP contribution is 2.41. The molecular weight excluding hydrogens is 220 g/mol. The van der Waals surface area contributed by atoms with E-state index in [1.807, 2.05) is 13.0 Å². The molecule has 5 atom stereocenters. The average molecular weight is 238 g/mol. The molecule has 0 amide bonds. The summed E-state index contributed by atoms with van der Waals surface area (Å²) in [7, 11) is 0. The first-order chi connectivity index (χ1) is 8.11. The van der Waals surface area contributed by atoms with E-state index in [1.54, 1.807) is 18.2 Å². The molecule has 1 saturated carbocycles. The van der Waals surface area contributed by atoms with Crippen molar-refractivity contribution in [2.24, 2.45) is 11.8 Å². The van der Waals surface area contributed by atoms with Crippen molar-refractivity contribution in [2.75, 3.05) is 0 Å². The highest BCUT2D eigenvalue weighted by atomic mass is 16.6. The average Bonchev–Trinajstić information content (AvgIpc) is 2.71. The summed E-state index contributed by atoms with van der Waals surface area (Å²) in [6.45, 7) is 1.83. The minimum atomic E-state index is -0.635. The Morgan fingerprint density at radius 3 is 2.94 bits per heavy atom. The molecule has 2 fully saturated rings. The maximum Gasteiger partial charge on any atom is 0.306 e. The molecule has 2 rings (SSSR count). The Balaban J connectivity index is 2.02. The Morgan fingerprint density at radius 1 is 1.47 bits per heavy atom. The molecule has 2 N–H and O–H groups in total. The van der Waals surface area contributed by atoms with Gasteiger partial charge in [-0.15, -0.1) is 0 Å². The van der Waals surface area contributed by atoms with Gasteiger partial charge in [-0.3, -0.25) is 4.79 Å². The van der Waals surface area contributed by atoms with E-state index >= 15 is 0 Å². The van der Waals surface area contributed by atoms with E-state index in [0.29, 0.717) is 12.8 Å². The van der Waals surface area contributed by atoms with Crippen LogP contribution in [0.25, 0.3) is 0 Å². The van der Waals surface area contributed by atoms with Gasteiger partial charge in [-0.2, -0.15) is 0 Å². The van der Waals surface area contributed by atoms with Crippen LogP contribution in [-0.4, -0.2) is 34.5 Å². The maximum atomic E-state index is 11.2. The first-order valence-electron chi connectivity index (χ1n) is 5.98. The normalized spacial score (nSPS) is 38.9. The van der Waals surface area contributed by atoms with E-state index in [-0.39, 0.29) is 23.9 Å². The third-order valence-electron chi connectivity index (χ3n) is 3.50. The van der Waals surface area contributed by atoms with Gasteiger partial charge >= 0.3 is 5.97 Å². The van der Waals surface area contributed by atoms with Crippen molar-refractivity contribution in [2.45, 2.75) is 38.1 Å². The van der Waals surface area contributed by atoms with E-state index < -0.39 is 12.2 Å². The Morgan fingerprint density at radius 2 is 2.24 bits per heavy atom. The van der Waals surface area contributed by atoms with Gasteiger partial charge in [0.05, 0.1) is 18.6 Å². The van der Waals surface area contributed by atoms with Gasteiger partial charge < -0.3 is 14.9 Å². The van der Waals surface area contributed by atoms with Gasteiger partial charge in [0.1, 0.15) is 6.10 Å². The molecule has 0 unspecified atom stereocenters. The standard InChI is InChI=1S/C13H18O4/c1-2-3-8(14)4-5-9-10-6-13(16)17-12(10)7-11(9)15/h2-5,8-12,14-15H,6-7H2,1H3/b3-2+,5-4+/t8-,9+,10+,11+,12-/m0/s1. The van der Waals surface area contributed by atoms with E-state index in [9.17, 15) is 15.0 Å². The largest absolute Gasteiger partial charge is 0.462 e. The summed E-state index contributed by atoms with van der Waals surface area (Å²) in [6, 6.07) is 0. The highest BCUT2D eigenvalue weighted by Gasteiger charge is 2.48. The van der Waals surface area contributed by atoms with Crippen molar-refractivity contribution in [3.8, 4) is 0 Å². The van der Waals surface area contributed by atoms with Crippen molar-refractivity contribution in [1.82, 2.24) is 0 Å². The molecule has 17 heavy (non-hydrogen) atoms. The van der Waals surface area contributed by atoms with Crippen LogP contribution in [0.5, 0.6) is 0 Å². The van der Waals surface area contributed by atoms with Crippen LogP contribution >= 0.6 is 0 Å². The van der Waals surface area contributed by atoms with E-state index in [0.717, 1.165) is 0 Å². The van der Waals surface area contributed by atoms with Gasteiger partial charge in [-0.05, 0) is 6.92 Å². The fourth-order valence-electron chi connectivity index (χ4n) is 2.69. The van der Waals surface area contributed by atoms with Gasteiger partial charge in [-0.1, -0.05) is 24.3 Å². The van der Waals surface area contributed by atoms with Crippen LogP contribution in [0.1, 0.15) is 19.8 Å². The molecule has 1 saturated heterocycles. The van der Waals surface area contributed by atoms with E-state index in [2.05, 4.69) is 0 Å². The van der Waals surface area contributed by atoms with Crippen molar-refractivity contribution in [3.05, 3.63) is 24.3 Å². The zero-order valence-electron chi connectivity index (χ0n) is 9.82. The zero-order chi connectivity index (χ0) is 12.4. The highest BCUT2D eigenvalue weighted by molar-refractivity contribution is 5.72. The lowest BCUT2D eigenvalue weighted by Crippen LogP contribution is -2.18. The number of aliphatic hydroxyl groups excluding tert-OH is 2. The maximum absolute atomic E-state index is 11.2. The van der Waals surface area contributed by atoms with Crippen LogP contribution in [0.15, 0.2) is 24.3 Å². The number of carbonyl (C=O) groups is 1. The lowest BCUT2D eigenvalue weighted by molar-refractivity contribution is -0.141. The van der Waals surface area contributed by atoms with Gasteiger partial charge in [-0.25, -0.2) is 0 Å². The van der Waals surface area contributed by atoms with Crippen molar-refractivity contribution in [3.63, 3.8) is 0 Å². The number of carbonyl (C=O) groups excluding carboxylic acids is 1. The van der Waals surface area contributed by atoms with Crippen LogP contribution in [0.2, 0.25) is 0 Å². The summed E-state index contributed by atoms with van der Waals surface area (Å²) in [6.07, 6.45) is 6.50. The lowest BCUT2D eigenvalue weighted by atomic mass is 9.91. The number of fused-ring (bicyclic) bond motifs is 1. The second kappa shape index (κ2) is 5.02. The molecule has 94 valence electrons. The van der Waals surface area contributed by atoms with Gasteiger partial charge in [0.25, 0.3) is 0 Å². The Labute approximate surface area is 101 Å². The third kappa shape index (κ3) is 2.58. The summed E-state index contributed by atoms with van der Waals surface area (Å²) in [4.78, 5) is 11.2. The van der Waals surface area contributed by atoms with Gasteiger partial charge in [0.2, 0.25) is 0 Å². The predicted octanol–water partition coefficient (Wildman–Crippen LogP) is 0.792. The van der Waals surface area contributed by atoms with Crippen molar-refractivity contribution < 1.29 is 19.7 Å². The molecule has 2 aliphatic rings. The molecule has 1 aliphatic carbocycles. The summed E-state index contributed by atoms with van der Waals surface area (Å²) in [5.74, 6) is -0.211. The van der Waals surface area contributed by atoms with Crippen molar-refractivity contribution in [1.29, 1.82) is 0 Å². The van der Waals surface area contributed by atoms with Crippen LogP contribution < -0.4 is 0 Å². The number of aliphatic hydroxyl groups is 2. The Bertz CT molecular complexity index is 347. The summed E-state index contributed by atoms with van der Waals surface area (Å²) in [5, 5.41) is 19.4. The molecule has 0 bridgehead atoms. The Hall–Kier alpha value is -1.13. The smallest absolute Gasteiger partial charge is 0.306 e. The molecule has 1 heterocycles. The number of hydrogen-bond acceptors (Lipinski definition) is 4. The number of allylic oxidation sites excluding steroid dienone is 1. The van der Waals surface area contributed by atoms with Gasteiger partial charge in [0.15, 0.2) is 0 Å². The summed E-state index contributed by atoms with van der Waals surface area (Å²) >= 11 is 0. The Kier molecular flexibility index (Phi) is 3.64. The summed E-state index contributed by atoms with van der Waals surface area (Å²) < 4.78 is 5.13. The van der Waals surface area contributed by atoms with Crippen LogP contribution in [-0.2, 0) is 9.53 Å². The summed E-state index contributed by atoms with van der Waals surface area (Å²) in [5.41, 5.74) is 0. The van der Waals surface area contributed by atoms with Gasteiger partial charge in [0, 0.05) is 18.3 Å². The number of rotatable bonds is 3. The SMILES string of the molecule is C/C=C/[C@H](O)/C=C/[C@@H]1[C@H]2CC(=O)O[C@H]2C[C@H]1O. The number of hydrogen-bond donors (Lipinski definition) is 2. The predicted molar refractivity (Wildman–Crippen MR) is 62.1 cm³/mol. The molecule has 0 spiro atoms. The second-order valence-electron chi connectivity index (χ2n) is 4.68. The molecule has 0 radical (unpaired) electrons. The third-order valence-corrected chi connectivity index (χ3v) is 3.50. The monoisotopic (exact) mass is 238 g/mol. The van der Waals surface area contributed by atoms with E-state index in [4.69, 9.17) is 4.74 Å². The van der Waals surface area contributed by atoms with Crippen LogP contribution in [0.3, 0.4) is 0 Å². The molecule has 0 aromatic carbocycles. The quantitative estimate of drug-likeness (QED) is 0.563. The van der Waals surface area contributed by atoms with Crippen molar-refractivity contribution >= 4 is 5.97 Å². The van der Waals surface area contributed by atoms with Crippen LogP contribution in [0.4, 0.5) is 0 Å². The minimum absolute atomic E-state index is 0.0616. The molecule has 1 aliphatic heterocycles. The zero-order valence-corrected chi connectivity index (χ0v) is 9.82.